The van der Waals surface area contributed by atoms with E-state index >= 15 is 0 Å². The number of alkyl halides is 2. The highest BCUT2D eigenvalue weighted by atomic mass is 127. The van der Waals surface area contributed by atoms with Crippen molar-refractivity contribution in [3.05, 3.63) is 20.5 Å². The molecule has 0 aliphatic rings. The Bertz CT molecular complexity index is 322. The highest BCUT2D eigenvalue weighted by Crippen LogP contribution is 2.34. The van der Waals surface area contributed by atoms with E-state index in [0.717, 1.165) is 0 Å². The molecule has 0 saturated carbocycles. The highest BCUT2D eigenvalue weighted by Gasteiger charge is 2.19. The third-order valence-electron chi connectivity index (χ3n) is 1.37. The Hall–Kier alpha value is -0.170. The Morgan fingerprint density at radius 2 is 2.23 bits per heavy atom. The monoisotopic (exact) mass is 319 g/mol. The van der Waals surface area contributed by atoms with Crippen LogP contribution >= 0.6 is 34.2 Å². The van der Waals surface area contributed by atoms with Gasteiger partial charge in [-0.15, -0.1) is 0 Å². The van der Waals surface area contributed by atoms with Crippen LogP contribution in [-0.4, -0.2) is 12.1 Å². The fraction of sp³-hybridized carbons (Fsp3) is 0.286. The first-order valence-electron chi connectivity index (χ1n) is 3.24. The summed E-state index contributed by atoms with van der Waals surface area (Å²) in [6, 6.07) is 0. The first kappa shape index (κ1) is 10.9. The molecule has 0 aliphatic carbocycles. The van der Waals surface area contributed by atoms with Gasteiger partial charge < -0.3 is 4.74 Å². The van der Waals surface area contributed by atoms with Crippen LogP contribution in [0.5, 0.6) is 5.75 Å². The molecule has 13 heavy (non-hydrogen) atoms. The fourth-order valence-electron chi connectivity index (χ4n) is 0.812. The Morgan fingerprint density at radius 1 is 1.62 bits per heavy atom. The van der Waals surface area contributed by atoms with Crippen LogP contribution in [0.4, 0.5) is 8.78 Å². The quantitative estimate of drug-likeness (QED) is 0.781. The number of methoxy groups -OCH3 is 1. The van der Waals surface area contributed by atoms with Crippen molar-refractivity contribution in [2.75, 3.05) is 7.11 Å². The summed E-state index contributed by atoms with van der Waals surface area (Å²) < 4.78 is 29.9. The van der Waals surface area contributed by atoms with Crippen LogP contribution in [-0.2, 0) is 0 Å². The van der Waals surface area contributed by atoms with Crippen LogP contribution in [0.25, 0.3) is 0 Å². The number of pyridine rings is 1. The predicted molar refractivity (Wildman–Crippen MR) is 53.5 cm³/mol. The molecule has 0 N–H and O–H groups in total. The van der Waals surface area contributed by atoms with Gasteiger partial charge in [0, 0.05) is 6.20 Å². The average Bonchev–Trinajstić information content (AvgIpc) is 2.09. The SMILES string of the molecule is COc1c(C(F)F)ncc(Cl)c1I. The maximum absolute atomic E-state index is 12.3. The number of rotatable bonds is 2. The summed E-state index contributed by atoms with van der Waals surface area (Å²) in [6.07, 6.45) is -1.46. The van der Waals surface area contributed by atoms with Crippen molar-refractivity contribution >= 4 is 34.2 Å². The van der Waals surface area contributed by atoms with E-state index in [1.54, 1.807) is 0 Å². The second kappa shape index (κ2) is 4.36. The second-order valence-electron chi connectivity index (χ2n) is 2.14. The average molecular weight is 319 g/mol. The molecule has 0 spiro atoms. The molecule has 6 heteroatoms. The summed E-state index contributed by atoms with van der Waals surface area (Å²) in [4.78, 5) is 3.50. The van der Waals surface area contributed by atoms with E-state index in [4.69, 9.17) is 16.3 Å². The third-order valence-corrected chi connectivity index (χ3v) is 3.05. The molecule has 0 aliphatic heterocycles. The van der Waals surface area contributed by atoms with E-state index in [2.05, 4.69) is 4.98 Å². The molecule has 1 rings (SSSR count). The third kappa shape index (κ3) is 2.19. The van der Waals surface area contributed by atoms with Gasteiger partial charge in [-0.1, -0.05) is 11.6 Å². The molecule has 2 nitrogen and oxygen atoms in total. The molecule has 0 saturated heterocycles. The Balaban J connectivity index is 3.30. The van der Waals surface area contributed by atoms with Gasteiger partial charge in [0.2, 0.25) is 0 Å². The first-order valence-corrected chi connectivity index (χ1v) is 4.69. The van der Waals surface area contributed by atoms with Crippen LogP contribution in [0, 0.1) is 3.57 Å². The van der Waals surface area contributed by atoms with E-state index in [9.17, 15) is 8.78 Å². The summed E-state index contributed by atoms with van der Waals surface area (Å²) in [6.45, 7) is 0. The molecule has 0 unspecified atom stereocenters. The lowest BCUT2D eigenvalue weighted by Crippen LogP contribution is -1.98. The van der Waals surface area contributed by atoms with Gasteiger partial charge in [-0.2, -0.15) is 0 Å². The summed E-state index contributed by atoms with van der Waals surface area (Å²) >= 11 is 7.51. The van der Waals surface area contributed by atoms with Crippen LogP contribution in [0.3, 0.4) is 0 Å². The normalized spacial score (nSPS) is 10.6. The molecule has 72 valence electrons. The number of hydrogen-bond acceptors (Lipinski definition) is 2. The molecule has 0 fully saturated rings. The number of halogens is 4. The van der Waals surface area contributed by atoms with Crippen molar-refractivity contribution < 1.29 is 13.5 Å². The van der Waals surface area contributed by atoms with Gasteiger partial charge in [0.1, 0.15) is 5.69 Å². The fourth-order valence-corrected chi connectivity index (χ4v) is 1.58. The molecule has 0 amide bonds. The zero-order chi connectivity index (χ0) is 10.0. The zero-order valence-corrected chi connectivity index (χ0v) is 9.44. The number of aromatic nitrogens is 1. The topological polar surface area (TPSA) is 22.1 Å². The smallest absolute Gasteiger partial charge is 0.284 e. The molecule has 0 radical (unpaired) electrons. The van der Waals surface area contributed by atoms with Crippen molar-refractivity contribution in [2.45, 2.75) is 6.43 Å². The van der Waals surface area contributed by atoms with Gasteiger partial charge in [-0.3, -0.25) is 0 Å². The Morgan fingerprint density at radius 3 is 2.69 bits per heavy atom. The summed E-state index contributed by atoms with van der Waals surface area (Å²) in [5.41, 5.74) is -0.378. The van der Waals surface area contributed by atoms with E-state index < -0.39 is 6.43 Å². The molecular weight excluding hydrogens is 314 g/mol. The lowest BCUT2D eigenvalue weighted by atomic mass is 10.3. The molecule has 0 atom stereocenters. The van der Waals surface area contributed by atoms with Gasteiger partial charge in [-0.25, -0.2) is 13.8 Å². The van der Waals surface area contributed by atoms with Crippen LogP contribution in [0.15, 0.2) is 6.20 Å². The number of nitrogens with zero attached hydrogens (tertiary/aromatic N) is 1. The maximum atomic E-state index is 12.3. The van der Waals surface area contributed by atoms with Crippen molar-refractivity contribution in [1.82, 2.24) is 4.98 Å². The minimum absolute atomic E-state index is 0.0445. The van der Waals surface area contributed by atoms with Crippen molar-refractivity contribution in [1.29, 1.82) is 0 Å². The molecular formula is C7H5ClF2INO. The highest BCUT2D eigenvalue weighted by molar-refractivity contribution is 14.1. The molecule has 1 heterocycles. The second-order valence-corrected chi connectivity index (χ2v) is 3.63. The lowest BCUT2D eigenvalue weighted by molar-refractivity contribution is 0.141. The molecule has 1 aromatic rings. The van der Waals surface area contributed by atoms with Gasteiger partial charge in [0.05, 0.1) is 15.7 Å². The predicted octanol–water partition coefficient (Wildman–Crippen LogP) is 3.29. The van der Waals surface area contributed by atoms with Gasteiger partial charge in [0.15, 0.2) is 5.75 Å². The van der Waals surface area contributed by atoms with E-state index in [-0.39, 0.29) is 11.4 Å². The van der Waals surface area contributed by atoms with E-state index in [1.807, 2.05) is 22.6 Å². The lowest BCUT2D eigenvalue weighted by Gasteiger charge is -2.09. The van der Waals surface area contributed by atoms with Crippen molar-refractivity contribution in [3.8, 4) is 5.75 Å². The van der Waals surface area contributed by atoms with Gasteiger partial charge in [-0.05, 0) is 22.6 Å². The standard InChI is InChI=1S/C7H5ClF2INO/c1-13-6-4(11)3(8)2-12-5(6)7(9)10/h2,7H,1H3. The van der Waals surface area contributed by atoms with Gasteiger partial charge >= 0.3 is 0 Å². The molecule has 0 aromatic carbocycles. The zero-order valence-electron chi connectivity index (χ0n) is 6.52. The maximum Gasteiger partial charge on any atom is 0.284 e. The van der Waals surface area contributed by atoms with Gasteiger partial charge in [0.25, 0.3) is 6.43 Å². The first-order chi connectivity index (χ1) is 6.07. The minimum Gasteiger partial charge on any atom is -0.493 e. The van der Waals surface area contributed by atoms with Crippen LogP contribution < -0.4 is 4.74 Å². The summed E-state index contributed by atoms with van der Waals surface area (Å²) in [5, 5.41) is 0.307. The van der Waals surface area contributed by atoms with Crippen LogP contribution in [0.1, 0.15) is 12.1 Å². The summed E-state index contributed by atoms with van der Waals surface area (Å²) in [5.74, 6) is 0.0445. The number of hydrogen-bond donors (Lipinski definition) is 0. The largest absolute Gasteiger partial charge is 0.493 e. The Kier molecular flexibility index (Phi) is 3.66. The molecule has 0 bridgehead atoms. The van der Waals surface area contributed by atoms with E-state index in [1.165, 1.54) is 13.3 Å². The van der Waals surface area contributed by atoms with E-state index in [0.29, 0.717) is 8.59 Å². The van der Waals surface area contributed by atoms with Crippen LogP contribution in [0.2, 0.25) is 5.02 Å². The number of ether oxygens (including phenoxy) is 1. The van der Waals surface area contributed by atoms with Crippen molar-refractivity contribution in [2.24, 2.45) is 0 Å². The minimum atomic E-state index is -2.65. The summed E-state index contributed by atoms with van der Waals surface area (Å²) in [7, 11) is 1.31. The van der Waals surface area contributed by atoms with Crippen molar-refractivity contribution in [3.63, 3.8) is 0 Å². The Labute approximate surface area is 92.4 Å². The molecule has 1 aromatic heterocycles.